The van der Waals surface area contributed by atoms with Crippen molar-refractivity contribution in [3.8, 4) is 0 Å². The molecule has 2 unspecified atom stereocenters. The molecule has 0 spiro atoms. The summed E-state index contributed by atoms with van der Waals surface area (Å²) in [7, 11) is 0. The van der Waals surface area contributed by atoms with Crippen LogP contribution in [0.1, 0.15) is 32.3 Å². The number of rotatable bonds is 2. The van der Waals surface area contributed by atoms with Crippen LogP contribution in [0.2, 0.25) is 0 Å². The van der Waals surface area contributed by atoms with Crippen molar-refractivity contribution in [1.82, 2.24) is 4.90 Å². The van der Waals surface area contributed by atoms with E-state index in [1.54, 1.807) is 11.3 Å². The van der Waals surface area contributed by atoms with E-state index in [0.717, 1.165) is 25.2 Å². The molecule has 3 heteroatoms. The summed E-state index contributed by atoms with van der Waals surface area (Å²) in [4.78, 5) is 16.3. The SMILES string of the molecule is Cc1csc2c1C(=O)C1CN(Cc3ccccc3)CC21. The summed E-state index contributed by atoms with van der Waals surface area (Å²) in [5, 5.41) is 2.14. The second-order valence-electron chi connectivity index (χ2n) is 5.91. The molecule has 2 aliphatic rings. The lowest BCUT2D eigenvalue weighted by Crippen LogP contribution is -2.23. The van der Waals surface area contributed by atoms with Crippen LogP contribution in [0.5, 0.6) is 0 Å². The van der Waals surface area contributed by atoms with Crippen LogP contribution in [0.15, 0.2) is 35.7 Å². The van der Waals surface area contributed by atoms with Gasteiger partial charge < -0.3 is 0 Å². The van der Waals surface area contributed by atoms with Gasteiger partial charge in [-0.15, -0.1) is 11.3 Å². The Hall–Kier alpha value is -1.45. The Morgan fingerprint density at radius 3 is 2.75 bits per heavy atom. The first-order chi connectivity index (χ1) is 9.74. The van der Waals surface area contributed by atoms with Crippen LogP contribution in [0.4, 0.5) is 0 Å². The maximum Gasteiger partial charge on any atom is 0.169 e. The number of ketones is 1. The van der Waals surface area contributed by atoms with Crippen molar-refractivity contribution in [3.05, 3.63) is 57.3 Å². The summed E-state index contributed by atoms with van der Waals surface area (Å²) < 4.78 is 0. The van der Waals surface area contributed by atoms with E-state index in [0.29, 0.717) is 11.7 Å². The number of carbonyl (C=O) groups is 1. The summed E-state index contributed by atoms with van der Waals surface area (Å²) in [6, 6.07) is 10.5. The van der Waals surface area contributed by atoms with E-state index in [1.165, 1.54) is 16.0 Å². The molecule has 0 N–H and O–H groups in total. The molecule has 0 amide bonds. The summed E-state index contributed by atoms with van der Waals surface area (Å²) in [5.41, 5.74) is 3.56. The van der Waals surface area contributed by atoms with Gasteiger partial charge in [0, 0.05) is 41.9 Å². The minimum atomic E-state index is 0.208. The van der Waals surface area contributed by atoms with Crippen molar-refractivity contribution in [3.63, 3.8) is 0 Å². The number of hydrogen-bond donors (Lipinski definition) is 0. The third kappa shape index (κ3) is 1.77. The molecule has 2 heterocycles. The highest BCUT2D eigenvalue weighted by Gasteiger charge is 2.47. The van der Waals surface area contributed by atoms with Gasteiger partial charge in [0.15, 0.2) is 5.78 Å². The first-order valence-electron chi connectivity index (χ1n) is 7.12. The van der Waals surface area contributed by atoms with Crippen LogP contribution in [-0.4, -0.2) is 23.8 Å². The van der Waals surface area contributed by atoms with Crippen LogP contribution in [0, 0.1) is 12.8 Å². The highest BCUT2D eigenvalue weighted by molar-refractivity contribution is 7.10. The summed E-state index contributed by atoms with van der Waals surface area (Å²) in [6.45, 7) is 4.97. The van der Waals surface area contributed by atoms with E-state index in [2.05, 4.69) is 41.5 Å². The van der Waals surface area contributed by atoms with E-state index < -0.39 is 0 Å². The Balaban J connectivity index is 1.56. The third-order valence-corrected chi connectivity index (χ3v) is 5.80. The fourth-order valence-corrected chi connectivity index (χ4v) is 4.84. The van der Waals surface area contributed by atoms with Crippen LogP contribution in [-0.2, 0) is 6.54 Å². The third-order valence-electron chi connectivity index (χ3n) is 4.57. The number of likely N-dealkylation sites (tertiary alicyclic amines) is 1. The molecule has 1 aromatic carbocycles. The molecule has 4 rings (SSSR count). The Morgan fingerprint density at radius 1 is 1.20 bits per heavy atom. The zero-order valence-corrected chi connectivity index (χ0v) is 12.3. The van der Waals surface area contributed by atoms with Crippen LogP contribution < -0.4 is 0 Å². The van der Waals surface area contributed by atoms with Gasteiger partial charge in [0.05, 0.1) is 0 Å². The van der Waals surface area contributed by atoms with Gasteiger partial charge in [-0.25, -0.2) is 0 Å². The molecule has 20 heavy (non-hydrogen) atoms. The topological polar surface area (TPSA) is 20.3 Å². The first-order valence-corrected chi connectivity index (χ1v) is 8.00. The zero-order chi connectivity index (χ0) is 13.7. The van der Waals surface area contributed by atoms with Crippen molar-refractivity contribution >= 4 is 17.1 Å². The second kappa shape index (κ2) is 4.54. The Kier molecular flexibility index (Phi) is 2.79. The Morgan fingerprint density at radius 2 is 1.95 bits per heavy atom. The van der Waals surface area contributed by atoms with Crippen LogP contribution >= 0.6 is 11.3 Å². The molecule has 0 saturated carbocycles. The number of Topliss-reactive ketones (excluding diaryl/α,β-unsaturated/α-hetero) is 1. The van der Waals surface area contributed by atoms with Gasteiger partial charge in [0.25, 0.3) is 0 Å². The van der Waals surface area contributed by atoms with Crippen molar-refractivity contribution in [1.29, 1.82) is 0 Å². The molecular weight excluding hydrogens is 266 g/mol. The highest BCUT2D eigenvalue weighted by Crippen LogP contribution is 2.47. The molecule has 1 fully saturated rings. The monoisotopic (exact) mass is 283 g/mol. The fraction of sp³-hybridized carbons (Fsp3) is 0.353. The summed E-state index contributed by atoms with van der Waals surface area (Å²) in [6.07, 6.45) is 0. The summed E-state index contributed by atoms with van der Waals surface area (Å²) in [5.74, 6) is 1.04. The Bertz CT molecular complexity index is 661. The molecule has 1 aliphatic carbocycles. The fourth-order valence-electron chi connectivity index (χ4n) is 3.63. The van der Waals surface area contributed by atoms with E-state index in [9.17, 15) is 4.79 Å². The molecule has 0 radical (unpaired) electrons. The van der Waals surface area contributed by atoms with E-state index in [4.69, 9.17) is 0 Å². The maximum atomic E-state index is 12.5. The Labute approximate surface area is 123 Å². The lowest BCUT2D eigenvalue weighted by Gasteiger charge is -2.16. The van der Waals surface area contributed by atoms with Gasteiger partial charge in [0.1, 0.15) is 0 Å². The standard InChI is InChI=1S/C17H17NOS/c1-11-10-20-17-14-9-18(7-12-5-3-2-4-6-12)8-13(14)16(19)15(11)17/h2-6,10,13-14H,7-9H2,1H3. The van der Waals surface area contributed by atoms with E-state index >= 15 is 0 Å². The minimum Gasteiger partial charge on any atom is -0.298 e. The first kappa shape index (κ1) is 12.3. The lowest BCUT2D eigenvalue weighted by atomic mass is 9.99. The summed E-state index contributed by atoms with van der Waals surface area (Å²) >= 11 is 1.78. The van der Waals surface area contributed by atoms with Crippen LogP contribution in [0.25, 0.3) is 0 Å². The molecule has 0 bridgehead atoms. The van der Waals surface area contributed by atoms with Crippen LogP contribution in [0.3, 0.4) is 0 Å². The van der Waals surface area contributed by atoms with Gasteiger partial charge >= 0.3 is 0 Å². The van der Waals surface area contributed by atoms with Crippen molar-refractivity contribution < 1.29 is 4.79 Å². The molecule has 102 valence electrons. The number of nitrogens with zero attached hydrogens (tertiary/aromatic N) is 1. The molecule has 2 atom stereocenters. The number of hydrogen-bond acceptors (Lipinski definition) is 3. The predicted molar refractivity (Wildman–Crippen MR) is 81.3 cm³/mol. The number of aryl methyl sites for hydroxylation is 1. The van der Waals surface area contributed by atoms with Gasteiger partial charge in [-0.05, 0) is 23.4 Å². The molecular formula is C17H17NOS. The molecule has 1 aromatic heterocycles. The second-order valence-corrected chi connectivity index (χ2v) is 6.83. The van der Waals surface area contributed by atoms with Gasteiger partial charge in [-0.1, -0.05) is 30.3 Å². The number of thiophene rings is 1. The van der Waals surface area contributed by atoms with Crippen molar-refractivity contribution in [2.75, 3.05) is 13.1 Å². The number of benzene rings is 1. The maximum absolute atomic E-state index is 12.5. The highest BCUT2D eigenvalue weighted by atomic mass is 32.1. The average Bonchev–Trinajstić information content (AvgIpc) is 3.08. The van der Waals surface area contributed by atoms with Crippen molar-refractivity contribution in [2.24, 2.45) is 5.92 Å². The normalized spacial score (nSPS) is 24.9. The molecule has 2 aromatic rings. The predicted octanol–water partition coefficient (Wildman–Crippen LogP) is 3.47. The zero-order valence-electron chi connectivity index (χ0n) is 11.5. The van der Waals surface area contributed by atoms with Gasteiger partial charge in [-0.3, -0.25) is 9.69 Å². The number of carbonyl (C=O) groups excluding carboxylic acids is 1. The van der Waals surface area contributed by atoms with Gasteiger partial charge in [-0.2, -0.15) is 0 Å². The number of fused-ring (bicyclic) bond motifs is 3. The molecule has 1 aliphatic heterocycles. The van der Waals surface area contributed by atoms with Crippen molar-refractivity contribution in [2.45, 2.75) is 19.4 Å². The quantitative estimate of drug-likeness (QED) is 0.841. The van der Waals surface area contributed by atoms with E-state index in [-0.39, 0.29) is 5.92 Å². The molecule has 1 saturated heterocycles. The van der Waals surface area contributed by atoms with Gasteiger partial charge in [0.2, 0.25) is 0 Å². The minimum absolute atomic E-state index is 0.208. The van der Waals surface area contributed by atoms with E-state index in [1.807, 2.05) is 6.07 Å². The largest absolute Gasteiger partial charge is 0.298 e. The average molecular weight is 283 g/mol. The lowest BCUT2D eigenvalue weighted by molar-refractivity contribution is 0.0931. The smallest absolute Gasteiger partial charge is 0.169 e. The molecule has 2 nitrogen and oxygen atoms in total.